The van der Waals surface area contributed by atoms with Crippen LogP contribution in [0.1, 0.15) is 84.0 Å². The highest BCUT2D eigenvalue weighted by molar-refractivity contribution is 6.37. The van der Waals surface area contributed by atoms with Gasteiger partial charge in [-0.1, -0.05) is 183 Å². The molecule has 54 heavy (non-hydrogen) atoms. The van der Waals surface area contributed by atoms with E-state index >= 15 is 0 Å². The molecule has 0 atom stereocenters. The zero-order valence-corrected chi connectivity index (χ0v) is 34.1. The van der Waals surface area contributed by atoms with Crippen molar-refractivity contribution in [3.63, 3.8) is 0 Å². The Morgan fingerprint density at radius 2 is 0.778 bits per heavy atom. The second kappa shape index (κ2) is 17.0. The maximum atomic E-state index is 13.4. The summed E-state index contributed by atoms with van der Waals surface area (Å²) < 4.78 is 0.738. The van der Waals surface area contributed by atoms with Crippen LogP contribution in [-0.4, -0.2) is 27.8 Å². The second-order valence-electron chi connectivity index (χ2n) is 14.6. The van der Waals surface area contributed by atoms with Crippen LogP contribution in [0.25, 0.3) is 11.1 Å². The molecule has 0 radical (unpaired) electrons. The monoisotopic (exact) mass is 819 g/mol. The lowest BCUT2D eigenvalue weighted by molar-refractivity contribution is -0.953. The van der Waals surface area contributed by atoms with Crippen LogP contribution in [0.3, 0.4) is 0 Å². The van der Waals surface area contributed by atoms with E-state index in [4.69, 9.17) is 23.2 Å². The lowest BCUT2D eigenvalue weighted by Gasteiger charge is -2.41. The molecule has 278 valence electrons. The van der Waals surface area contributed by atoms with E-state index in [0.717, 1.165) is 98.9 Å². The minimum Gasteiger partial charge on any atom is -1.00 e. The summed E-state index contributed by atoms with van der Waals surface area (Å²) in [5, 5.41) is 27.9. The van der Waals surface area contributed by atoms with Crippen LogP contribution < -0.4 is 17.0 Å². The topological polar surface area (TPSA) is 40.5 Å². The first-order chi connectivity index (χ1) is 25.8. The third-order valence-corrected chi connectivity index (χ3v) is 11.9. The number of aliphatic hydroxyl groups is 2. The molecule has 0 saturated carbocycles. The maximum absolute atomic E-state index is 13.4. The molecule has 6 aromatic rings. The van der Waals surface area contributed by atoms with Crippen LogP contribution in [-0.2, 0) is 24.3 Å². The molecule has 1 aliphatic heterocycles. The van der Waals surface area contributed by atoms with E-state index in [9.17, 15) is 10.2 Å². The van der Waals surface area contributed by atoms with Crippen molar-refractivity contribution in [3.05, 3.63) is 200 Å². The third-order valence-electron chi connectivity index (χ3n) is 11.3. The molecule has 0 saturated heterocycles. The Morgan fingerprint density at radius 1 is 0.481 bits per heavy atom. The first-order valence-corrected chi connectivity index (χ1v) is 19.7. The summed E-state index contributed by atoms with van der Waals surface area (Å²) in [7, 11) is 0. The minimum atomic E-state index is -1.48. The molecule has 6 heteroatoms. The first kappa shape index (κ1) is 39.9. The van der Waals surface area contributed by atoms with Crippen molar-refractivity contribution in [1.29, 1.82) is 0 Å². The molecule has 0 aliphatic carbocycles. The van der Waals surface area contributed by atoms with Crippen LogP contribution in [0, 0.1) is 0 Å². The molecular weight excluding hydrogens is 773 g/mol. The van der Waals surface area contributed by atoms with Crippen molar-refractivity contribution < 1.29 is 31.7 Å². The van der Waals surface area contributed by atoms with Crippen LogP contribution in [0.2, 0.25) is 10.0 Å². The summed E-state index contributed by atoms with van der Waals surface area (Å²) in [5.41, 5.74) is 5.37. The van der Waals surface area contributed by atoms with E-state index in [1.165, 1.54) is 0 Å². The summed E-state index contributed by atoms with van der Waals surface area (Å²) in [6.07, 6.45) is 4.16. The van der Waals surface area contributed by atoms with Crippen LogP contribution in [0.15, 0.2) is 146 Å². The SMILES string of the molecule is CCCC[N+]1(CCCC)Cc2c(C(O)(c3ccccc3)c3ccccc3)ccc(Cl)c2-c2c(Cl)ccc(C(O)(c3ccccc3)c3ccccc3)c2C1.[Br-]. The zero-order valence-electron chi connectivity index (χ0n) is 31.0. The fourth-order valence-electron chi connectivity index (χ4n) is 8.60. The highest BCUT2D eigenvalue weighted by Gasteiger charge is 2.45. The number of benzene rings is 6. The Morgan fingerprint density at radius 3 is 1.06 bits per heavy atom. The molecule has 0 bridgehead atoms. The Kier molecular flexibility index (Phi) is 12.5. The number of unbranched alkanes of at least 4 members (excludes halogenated alkanes) is 2. The largest absolute Gasteiger partial charge is 1.00 e. The van der Waals surface area contributed by atoms with Gasteiger partial charge in [0.1, 0.15) is 24.3 Å². The van der Waals surface area contributed by atoms with Gasteiger partial charge in [-0.15, -0.1) is 0 Å². The average molecular weight is 822 g/mol. The van der Waals surface area contributed by atoms with Crippen molar-refractivity contribution >= 4 is 23.2 Å². The van der Waals surface area contributed by atoms with E-state index in [-0.39, 0.29) is 17.0 Å². The molecule has 3 nitrogen and oxygen atoms in total. The van der Waals surface area contributed by atoms with Gasteiger partial charge in [-0.3, -0.25) is 0 Å². The first-order valence-electron chi connectivity index (χ1n) is 18.9. The van der Waals surface area contributed by atoms with Gasteiger partial charge in [0.15, 0.2) is 0 Å². The molecule has 1 aliphatic rings. The molecule has 1 heterocycles. The predicted octanol–water partition coefficient (Wildman–Crippen LogP) is 8.66. The number of nitrogens with zero attached hydrogens (tertiary/aromatic N) is 1. The number of hydrogen-bond donors (Lipinski definition) is 2. The Labute approximate surface area is 341 Å². The van der Waals surface area contributed by atoms with Gasteiger partial charge in [0, 0.05) is 43.4 Å². The quantitative estimate of drug-likeness (QED) is 0.0960. The van der Waals surface area contributed by atoms with Gasteiger partial charge >= 0.3 is 0 Å². The van der Waals surface area contributed by atoms with Gasteiger partial charge in [0.2, 0.25) is 0 Å². The molecule has 2 N–H and O–H groups in total. The standard InChI is InChI=1S/C48H48Cl2NO2.BrH/c1-3-5-31-51(32-6-4-2)33-39-41(47(52,35-19-11-7-12-20-35)36-21-13-8-14-22-36)27-29-43(49)45(39)46-40(34-51)42(28-30-44(46)50)48(53,37-23-15-9-16-24-37)38-25-17-10-18-26-38;/h7-30,52-53H,3-6,31-34H2,1-2H3;1H/q+1;/p-1. The lowest BCUT2D eigenvalue weighted by atomic mass is 9.75. The fraction of sp³-hybridized carbons (Fsp3) is 0.250. The smallest absolute Gasteiger partial charge is 0.141 e. The van der Waals surface area contributed by atoms with E-state index in [1.54, 1.807) is 0 Å². The Bertz CT molecular complexity index is 1930. The van der Waals surface area contributed by atoms with Gasteiger partial charge < -0.3 is 31.7 Å². The van der Waals surface area contributed by atoms with E-state index in [2.05, 4.69) is 13.8 Å². The van der Waals surface area contributed by atoms with Crippen LogP contribution in [0.5, 0.6) is 0 Å². The minimum absolute atomic E-state index is 0. The van der Waals surface area contributed by atoms with Crippen molar-refractivity contribution in [3.8, 4) is 11.1 Å². The molecule has 6 aromatic carbocycles. The summed E-state index contributed by atoms with van der Waals surface area (Å²) in [6.45, 7) is 7.63. The van der Waals surface area contributed by atoms with E-state index < -0.39 is 11.2 Å². The zero-order chi connectivity index (χ0) is 37.1. The van der Waals surface area contributed by atoms with Crippen LogP contribution >= 0.6 is 23.2 Å². The highest BCUT2D eigenvalue weighted by atomic mass is 79.9. The molecule has 0 fully saturated rings. The maximum Gasteiger partial charge on any atom is 0.141 e. The normalized spacial score (nSPS) is 13.7. The third kappa shape index (κ3) is 7.21. The summed E-state index contributed by atoms with van der Waals surface area (Å²) in [4.78, 5) is 0. The van der Waals surface area contributed by atoms with Gasteiger partial charge in [-0.25, -0.2) is 0 Å². The Balaban J connectivity index is 0.00000497. The molecule has 0 spiro atoms. The average Bonchev–Trinajstić information content (AvgIpc) is 3.36. The van der Waals surface area contributed by atoms with Crippen molar-refractivity contribution in [2.45, 2.75) is 63.8 Å². The summed E-state index contributed by atoms with van der Waals surface area (Å²) >= 11 is 14.8. The van der Waals surface area contributed by atoms with Gasteiger partial charge in [0.25, 0.3) is 0 Å². The predicted molar refractivity (Wildman–Crippen MR) is 219 cm³/mol. The number of rotatable bonds is 12. The number of fused-ring (bicyclic) bond motifs is 3. The lowest BCUT2D eigenvalue weighted by Crippen LogP contribution is -3.00. The number of quaternary nitrogens is 1. The molecule has 0 amide bonds. The van der Waals surface area contributed by atoms with Gasteiger partial charge in [-0.2, -0.15) is 0 Å². The highest BCUT2D eigenvalue weighted by Crippen LogP contribution is 2.52. The Hall–Kier alpha value is -3.74. The van der Waals surface area contributed by atoms with E-state index in [0.29, 0.717) is 23.1 Å². The number of halogens is 3. The summed E-state index contributed by atoms with van der Waals surface area (Å²) in [5.74, 6) is 0. The fourth-order valence-corrected chi connectivity index (χ4v) is 9.14. The molecular formula is C48H48BrCl2NO2. The summed E-state index contributed by atoms with van der Waals surface area (Å²) in [6, 6.07) is 47.6. The second-order valence-corrected chi connectivity index (χ2v) is 15.4. The van der Waals surface area contributed by atoms with Crippen LogP contribution in [0.4, 0.5) is 0 Å². The van der Waals surface area contributed by atoms with Gasteiger partial charge in [0.05, 0.1) is 13.1 Å². The van der Waals surface area contributed by atoms with Crippen molar-refractivity contribution in [1.82, 2.24) is 0 Å². The number of hydrogen-bond acceptors (Lipinski definition) is 2. The van der Waals surface area contributed by atoms with Crippen molar-refractivity contribution in [2.24, 2.45) is 0 Å². The molecule has 0 unspecified atom stereocenters. The van der Waals surface area contributed by atoms with E-state index in [1.807, 2.05) is 146 Å². The van der Waals surface area contributed by atoms with Gasteiger partial charge in [-0.05, 0) is 47.2 Å². The molecule has 7 rings (SSSR count). The molecule has 0 aromatic heterocycles. The van der Waals surface area contributed by atoms with Crippen molar-refractivity contribution in [2.75, 3.05) is 13.1 Å².